The van der Waals surface area contributed by atoms with Gasteiger partial charge in [-0.15, -0.1) is 0 Å². The fourth-order valence-electron chi connectivity index (χ4n) is 2.54. The van der Waals surface area contributed by atoms with Gasteiger partial charge in [-0.1, -0.05) is 30.0 Å². The Morgan fingerprint density at radius 1 is 1.31 bits per heavy atom. The van der Waals surface area contributed by atoms with E-state index in [1.165, 1.54) is 11.8 Å². The van der Waals surface area contributed by atoms with Crippen molar-refractivity contribution in [3.63, 3.8) is 0 Å². The quantitative estimate of drug-likeness (QED) is 0.521. The second-order valence-electron chi connectivity index (χ2n) is 6.26. The van der Waals surface area contributed by atoms with Crippen molar-refractivity contribution < 1.29 is 14.3 Å². The molecule has 0 bridgehead atoms. The first-order valence-corrected chi connectivity index (χ1v) is 9.75. The van der Waals surface area contributed by atoms with E-state index in [9.17, 15) is 9.59 Å². The van der Waals surface area contributed by atoms with E-state index >= 15 is 0 Å². The maximum Gasteiger partial charge on any atom is 0.252 e. The summed E-state index contributed by atoms with van der Waals surface area (Å²) in [6.07, 6.45) is 2.87. The van der Waals surface area contributed by atoms with Crippen LogP contribution in [0.15, 0.2) is 35.4 Å². The molecular weight excluding hydrogens is 350 g/mol. The van der Waals surface area contributed by atoms with Gasteiger partial charge in [0.05, 0.1) is 21.9 Å². The smallest absolute Gasteiger partial charge is 0.252 e. The summed E-state index contributed by atoms with van der Waals surface area (Å²) in [4.78, 5) is 29.1. The third-order valence-electron chi connectivity index (χ3n) is 4.05. The first-order chi connectivity index (χ1) is 12.7. The highest BCUT2D eigenvalue weighted by atomic mass is 32.2. The predicted octanol–water partition coefficient (Wildman–Crippen LogP) is 2.37. The highest BCUT2D eigenvalue weighted by Crippen LogP contribution is 2.26. The maximum absolute atomic E-state index is 12.6. The van der Waals surface area contributed by atoms with E-state index in [2.05, 4.69) is 15.6 Å². The van der Waals surface area contributed by atoms with E-state index in [0.29, 0.717) is 29.8 Å². The number of carbonyl (C=O) groups excluding carboxylic acids is 2. The summed E-state index contributed by atoms with van der Waals surface area (Å²) in [5.41, 5.74) is 1.38. The van der Waals surface area contributed by atoms with Crippen molar-refractivity contribution in [3.8, 4) is 0 Å². The molecule has 0 aliphatic heterocycles. The Bertz CT molecular complexity index is 793. The van der Waals surface area contributed by atoms with E-state index < -0.39 is 0 Å². The third-order valence-corrected chi connectivity index (χ3v) is 4.96. The molecule has 3 rings (SSSR count). The van der Waals surface area contributed by atoms with Crippen molar-refractivity contribution in [3.05, 3.63) is 35.9 Å². The molecule has 1 aliphatic carbocycles. The van der Waals surface area contributed by atoms with Crippen LogP contribution in [0.5, 0.6) is 0 Å². The van der Waals surface area contributed by atoms with Crippen LogP contribution in [-0.4, -0.2) is 48.9 Å². The minimum atomic E-state index is -0.0723. The Kier molecular flexibility index (Phi) is 6.46. The molecule has 2 N–H and O–H groups in total. The Labute approximate surface area is 157 Å². The first kappa shape index (κ1) is 18.7. The van der Waals surface area contributed by atoms with Gasteiger partial charge in [0.25, 0.3) is 5.91 Å². The lowest BCUT2D eigenvalue weighted by molar-refractivity contribution is -0.118. The monoisotopic (exact) mass is 373 g/mol. The zero-order valence-corrected chi connectivity index (χ0v) is 15.6. The van der Waals surface area contributed by atoms with Crippen molar-refractivity contribution in [1.29, 1.82) is 0 Å². The molecule has 1 heterocycles. The second kappa shape index (κ2) is 9.00. The van der Waals surface area contributed by atoms with Gasteiger partial charge in [0, 0.05) is 31.7 Å². The summed E-state index contributed by atoms with van der Waals surface area (Å²) < 4.78 is 4.96. The number of nitrogens with one attached hydrogen (secondary N) is 2. The molecule has 1 saturated carbocycles. The number of hydrogen-bond acceptors (Lipinski definition) is 5. The van der Waals surface area contributed by atoms with Crippen LogP contribution in [0.1, 0.15) is 29.6 Å². The topological polar surface area (TPSA) is 80.3 Å². The predicted molar refractivity (Wildman–Crippen MR) is 102 cm³/mol. The zero-order chi connectivity index (χ0) is 18.4. The molecule has 1 aromatic heterocycles. The maximum atomic E-state index is 12.6. The average Bonchev–Trinajstić information content (AvgIpc) is 3.46. The lowest BCUT2D eigenvalue weighted by atomic mass is 10.1. The number of nitrogens with zero attached hydrogens (tertiary/aromatic N) is 1. The summed E-state index contributed by atoms with van der Waals surface area (Å²) in [6, 6.07) is 9.67. The van der Waals surface area contributed by atoms with Gasteiger partial charge in [0.15, 0.2) is 0 Å². The molecule has 6 nitrogen and oxygen atoms in total. The van der Waals surface area contributed by atoms with Gasteiger partial charge in [0.1, 0.15) is 0 Å². The lowest BCUT2D eigenvalue weighted by Crippen LogP contribution is -2.27. The minimum absolute atomic E-state index is 0.0509. The number of rotatable bonds is 9. The molecule has 2 aromatic rings. The third kappa shape index (κ3) is 5.19. The van der Waals surface area contributed by atoms with Crippen LogP contribution < -0.4 is 10.6 Å². The Hall–Kier alpha value is -2.12. The molecule has 1 aliphatic rings. The van der Waals surface area contributed by atoms with Crippen LogP contribution in [0.25, 0.3) is 10.9 Å². The second-order valence-corrected chi connectivity index (χ2v) is 7.25. The van der Waals surface area contributed by atoms with Crippen LogP contribution >= 0.6 is 11.8 Å². The summed E-state index contributed by atoms with van der Waals surface area (Å²) in [6.45, 7) is 1.21. The minimum Gasteiger partial charge on any atom is -0.385 e. The molecule has 0 radical (unpaired) electrons. The van der Waals surface area contributed by atoms with Gasteiger partial charge < -0.3 is 15.4 Å². The number of thioether (sulfide) groups is 1. The molecule has 2 amide bonds. The van der Waals surface area contributed by atoms with Crippen molar-refractivity contribution in [2.75, 3.05) is 26.0 Å². The van der Waals surface area contributed by atoms with Gasteiger partial charge in [0.2, 0.25) is 5.91 Å². The molecule has 0 saturated heterocycles. The van der Waals surface area contributed by atoms with Gasteiger partial charge in [-0.05, 0) is 31.4 Å². The largest absolute Gasteiger partial charge is 0.385 e. The van der Waals surface area contributed by atoms with Crippen molar-refractivity contribution >= 4 is 34.5 Å². The van der Waals surface area contributed by atoms with Crippen LogP contribution in [0.3, 0.4) is 0 Å². The summed E-state index contributed by atoms with van der Waals surface area (Å²) in [5.74, 6) is 0.143. The Balaban J connectivity index is 1.68. The van der Waals surface area contributed by atoms with E-state index in [0.717, 1.165) is 30.2 Å². The number of amides is 2. The first-order valence-electron chi connectivity index (χ1n) is 8.76. The van der Waals surface area contributed by atoms with Crippen molar-refractivity contribution in [2.45, 2.75) is 30.3 Å². The van der Waals surface area contributed by atoms with Gasteiger partial charge >= 0.3 is 0 Å². The number of carbonyl (C=O) groups is 2. The van der Waals surface area contributed by atoms with E-state index in [1.54, 1.807) is 13.2 Å². The number of methoxy groups -OCH3 is 1. The summed E-state index contributed by atoms with van der Waals surface area (Å²) in [7, 11) is 1.64. The molecule has 0 spiro atoms. The molecular formula is C19H23N3O3S. The number of benzene rings is 1. The van der Waals surface area contributed by atoms with Crippen LogP contribution in [-0.2, 0) is 9.53 Å². The van der Waals surface area contributed by atoms with Gasteiger partial charge in [-0.3, -0.25) is 9.59 Å². The molecule has 138 valence electrons. The fourth-order valence-corrected chi connectivity index (χ4v) is 3.28. The van der Waals surface area contributed by atoms with E-state index in [4.69, 9.17) is 4.74 Å². The number of hydrogen-bond donors (Lipinski definition) is 2. The Morgan fingerprint density at radius 3 is 2.88 bits per heavy atom. The number of aromatic nitrogens is 1. The van der Waals surface area contributed by atoms with Gasteiger partial charge in [-0.25, -0.2) is 4.98 Å². The Morgan fingerprint density at radius 2 is 2.12 bits per heavy atom. The summed E-state index contributed by atoms with van der Waals surface area (Å²) in [5, 5.41) is 7.39. The van der Waals surface area contributed by atoms with Crippen molar-refractivity contribution in [2.24, 2.45) is 0 Å². The standard InChI is InChI=1S/C19H23N3O3S/c1-25-10-4-9-20-17(23)12-26-18-11-15(19(24)21-13-7-8-13)14-5-2-3-6-16(14)22-18/h2-3,5-6,11,13H,4,7-10,12H2,1H3,(H,20,23)(H,21,24). The number of pyridine rings is 1. The van der Waals surface area contributed by atoms with E-state index in [-0.39, 0.29) is 17.6 Å². The van der Waals surface area contributed by atoms with Crippen LogP contribution in [0.2, 0.25) is 0 Å². The number of ether oxygens (including phenoxy) is 1. The number of para-hydroxylation sites is 1. The molecule has 0 atom stereocenters. The summed E-state index contributed by atoms with van der Waals surface area (Å²) >= 11 is 1.34. The van der Waals surface area contributed by atoms with E-state index in [1.807, 2.05) is 24.3 Å². The van der Waals surface area contributed by atoms with Crippen LogP contribution in [0.4, 0.5) is 0 Å². The zero-order valence-electron chi connectivity index (χ0n) is 14.8. The molecule has 7 heteroatoms. The highest BCUT2D eigenvalue weighted by molar-refractivity contribution is 7.99. The fraction of sp³-hybridized carbons (Fsp3) is 0.421. The SMILES string of the molecule is COCCCNC(=O)CSc1cc(C(=O)NC2CC2)c2ccccc2n1. The lowest BCUT2D eigenvalue weighted by Gasteiger charge is -2.10. The van der Waals surface area contributed by atoms with Crippen molar-refractivity contribution in [1.82, 2.24) is 15.6 Å². The van der Waals surface area contributed by atoms with Crippen LogP contribution in [0, 0.1) is 0 Å². The number of fused-ring (bicyclic) bond motifs is 1. The molecule has 0 unspecified atom stereocenters. The molecule has 26 heavy (non-hydrogen) atoms. The van der Waals surface area contributed by atoms with Gasteiger partial charge in [-0.2, -0.15) is 0 Å². The highest BCUT2D eigenvalue weighted by Gasteiger charge is 2.25. The average molecular weight is 373 g/mol. The normalized spacial score (nSPS) is 13.6. The molecule has 1 fully saturated rings. The molecule has 1 aromatic carbocycles.